The van der Waals surface area contributed by atoms with Gasteiger partial charge in [-0.15, -0.1) is 11.3 Å². The Labute approximate surface area is 135 Å². The Balaban J connectivity index is 2.03. The number of aromatic nitrogens is 1. The van der Waals surface area contributed by atoms with E-state index in [1.165, 1.54) is 10.9 Å². The first-order valence-corrected chi connectivity index (χ1v) is 8.00. The van der Waals surface area contributed by atoms with E-state index in [0.717, 1.165) is 16.6 Å². The van der Waals surface area contributed by atoms with Gasteiger partial charge in [0.1, 0.15) is 5.69 Å². The maximum atomic E-state index is 10.8. The smallest absolute Gasteiger partial charge is 0.354 e. The molecule has 0 aliphatic heterocycles. The maximum Gasteiger partial charge on any atom is 0.354 e. The lowest BCUT2D eigenvalue weighted by atomic mass is 10.2. The Kier molecular flexibility index (Phi) is 5.86. The van der Waals surface area contributed by atoms with Crippen LogP contribution in [0.1, 0.15) is 20.9 Å². The van der Waals surface area contributed by atoms with E-state index in [-0.39, 0.29) is 12.3 Å². The third-order valence-corrected chi connectivity index (χ3v) is 4.55. The number of aromatic carboxylic acids is 1. The number of nitrogens with zero attached hydrogens (tertiary/aromatic N) is 2. The number of carbonyl (C=O) groups is 1. The molecule has 0 radical (unpaired) electrons. The molecule has 2 aromatic heterocycles. The van der Waals surface area contributed by atoms with Gasteiger partial charge in [0.2, 0.25) is 0 Å². The predicted octanol–water partition coefficient (Wildman–Crippen LogP) is 2.60. The summed E-state index contributed by atoms with van der Waals surface area (Å²) in [7, 11) is 0. The van der Waals surface area contributed by atoms with E-state index in [0.29, 0.717) is 13.1 Å². The Bertz CT molecular complexity index is 601. The van der Waals surface area contributed by atoms with Gasteiger partial charge < -0.3 is 10.2 Å². The second kappa shape index (κ2) is 7.65. The topological polar surface area (TPSA) is 73.7 Å². The minimum absolute atomic E-state index is 0.0367. The Morgan fingerprint density at radius 1 is 1.38 bits per heavy atom. The van der Waals surface area contributed by atoms with E-state index >= 15 is 0 Å². The molecule has 7 heteroatoms. The van der Waals surface area contributed by atoms with Gasteiger partial charge in [-0.3, -0.25) is 4.90 Å². The molecule has 0 aliphatic rings. The summed E-state index contributed by atoms with van der Waals surface area (Å²) in [6, 6.07) is 5.31. The third kappa shape index (κ3) is 4.89. The third-order valence-electron chi connectivity index (χ3n) is 2.87. The van der Waals surface area contributed by atoms with Crippen molar-refractivity contribution in [2.75, 3.05) is 13.2 Å². The van der Waals surface area contributed by atoms with Crippen LogP contribution in [0.2, 0.25) is 0 Å². The first-order chi connectivity index (χ1) is 10.1. The molecule has 0 atom stereocenters. The molecule has 0 bridgehead atoms. The summed E-state index contributed by atoms with van der Waals surface area (Å²) in [5.41, 5.74) is 0.957. The highest BCUT2D eigenvalue weighted by Crippen LogP contribution is 2.21. The summed E-state index contributed by atoms with van der Waals surface area (Å²) in [5.74, 6) is -1.03. The standard InChI is InChI=1S/C14H15BrN2O3S/c15-11-5-12(21-9-11)8-17(3-4-18)7-10-1-2-13(14(19)20)16-6-10/h1-2,5-6,9,18H,3-4,7-8H2,(H,19,20). The van der Waals surface area contributed by atoms with Gasteiger partial charge >= 0.3 is 5.97 Å². The van der Waals surface area contributed by atoms with Crippen molar-refractivity contribution < 1.29 is 15.0 Å². The van der Waals surface area contributed by atoms with Crippen molar-refractivity contribution in [3.05, 3.63) is 50.4 Å². The van der Waals surface area contributed by atoms with Crippen LogP contribution < -0.4 is 0 Å². The fourth-order valence-electron chi connectivity index (χ4n) is 1.92. The number of carboxylic acids is 1. The van der Waals surface area contributed by atoms with Gasteiger partial charge in [-0.25, -0.2) is 9.78 Å². The van der Waals surface area contributed by atoms with Crippen molar-refractivity contribution in [1.82, 2.24) is 9.88 Å². The second-order valence-electron chi connectivity index (χ2n) is 4.52. The summed E-state index contributed by atoms with van der Waals surface area (Å²) >= 11 is 5.08. The van der Waals surface area contributed by atoms with E-state index in [4.69, 9.17) is 5.11 Å². The van der Waals surface area contributed by atoms with Crippen LogP contribution in [-0.2, 0) is 13.1 Å². The van der Waals surface area contributed by atoms with Gasteiger partial charge in [-0.2, -0.15) is 0 Å². The minimum atomic E-state index is -1.03. The number of rotatable bonds is 7. The lowest BCUT2D eigenvalue weighted by Gasteiger charge is -2.20. The SMILES string of the molecule is O=C(O)c1ccc(CN(CCO)Cc2cc(Br)cs2)cn1. The molecule has 2 N–H and O–H groups in total. The molecule has 0 amide bonds. The molecular formula is C14H15BrN2O3S. The van der Waals surface area contributed by atoms with Gasteiger partial charge in [0.05, 0.1) is 6.61 Å². The summed E-state index contributed by atoms with van der Waals surface area (Å²) in [5, 5.41) is 20.0. The number of carboxylic acid groups (broad SMARTS) is 1. The number of thiophene rings is 1. The minimum Gasteiger partial charge on any atom is -0.477 e. The zero-order chi connectivity index (χ0) is 15.2. The predicted molar refractivity (Wildman–Crippen MR) is 84.4 cm³/mol. The molecule has 0 saturated heterocycles. The van der Waals surface area contributed by atoms with Crippen molar-refractivity contribution >= 4 is 33.2 Å². The molecule has 21 heavy (non-hydrogen) atoms. The van der Waals surface area contributed by atoms with Crippen LogP contribution in [0.25, 0.3) is 0 Å². The van der Waals surface area contributed by atoms with E-state index in [1.807, 2.05) is 5.38 Å². The maximum absolute atomic E-state index is 10.8. The number of pyridine rings is 1. The van der Waals surface area contributed by atoms with E-state index < -0.39 is 5.97 Å². The van der Waals surface area contributed by atoms with Crippen LogP contribution in [-0.4, -0.2) is 39.2 Å². The zero-order valence-electron chi connectivity index (χ0n) is 11.2. The highest BCUT2D eigenvalue weighted by Gasteiger charge is 2.10. The highest BCUT2D eigenvalue weighted by molar-refractivity contribution is 9.10. The average Bonchev–Trinajstić information content (AvgIpc) is 2.85. The lowest BCUT2D eigenvalue weighted by molar-refractivity contribution is 0.0690. The number of aliphatic hydroxyl groups excluding tert-OH is 1. The molecule has 2 aromatic rings. The largest absolute Gasteiger partial charge is 0.477 e. The van der Waals surface area contributed by atoms with Gasteiger partial charge in [-0.05, 0) is 33.6 Å². The molecule has 5 nitrogen and oxygen atoms in total. The molecule has 0 fully saturated rings. The highest BCUT2D eigenvalue weighted by atomic mass is 79.9. The molecule has 2 rings (SSSR count). The molecule has 0 aliphatic carbocycles. The Morgan fingerprint density at radius 3 is 2.71 bits per heavy atom. The summed E-state index contributed by atoms with van der Waals surface area (Å²) in [6.07, 6.45) is 1.57. The van der Waals surface area contributed by atoms with Crippen molar-refractivity contribution in [2.24, 2.45) is 0 Å². The van der Waals surface area contributed by atoms with Crippen LogP contribution in [0, 0.1) is 0 Å². The summed E-state index contributed by atoms with van der Waals surface area (Å²) in [6.45, 7) is 1.98. The van der Waals surface area contributed by atoms with Crippen LogP contribution in [0.5, 0.6) is 0 Å². The summed E-state index contributed by atoms with van der Waals surface area (Å²) in [4.78, 5) is 18.0. The van der Waals surface area contributed by atoms with Crippen molar-refractivity contribution in [3.63, 3.8) is 0 Å². The van der Waals surface area contributed by atoms with Gasteiger partial charge in [0.15, 0.2) is 0 Å². The first kappa shape index (κ1) is 16.1. The van der Waals surface area contributed by atoms with Crippen LogP contribution in [0.15, 0.2) is 34.2 Å². The molecule has 0 unspecified atom stereocenters. The van der Waals surface area contributed by atoms with Crippen molar-refractivity contribution in [3.8, 4) is 0 Å². The fourth-order valence-corrected chi connectivity index (χ4v) is 3.41. The Hall–Kier alpha value is -1.28. The molecule has 0 saturated carbocycles. The van der Waals surface area contributed by atoms with Gasteiger partial charge in [-0.1, -0.05) is 6.07 Å². The second-order valence-corrected chi connectivity index (χ2v) is 6.43. The number of halogens is 1. The number of hydrogen-bond donors (Lipinski definition) is 2. The van der Waals surface area contributed by atoms with E-state index in [9.17, 15) is 9.90 Å². The monoisotopic (exact) mass is 370 g/mol. The van der Waals surface area contributed by atoms with Crippen LogP contribution in [0.3, 0.4) is 0 Å². The zero-order valence-corrected chi connectivity index (χ0v) is 13.6. The summed E-state index contributed by atoms with van der Waals surface area (Å²) < 4.78 is 1.05. The molecule has 0 spiro atoms. The quantitative estimate of drug-likeness (QED) is 0.783. The van der Waals surface area contributed by atoms with E-state index in [1.54, 1.807) is 23.6 Å². The normalized spacial score (nSPS) is 11.0. The number of hydrogen-bond acceptors (Lipinski definition) is 5. The van der Waals surface area contributed by atoms with Crippen LogP contribution >= 0.6 is 27.3 Å². The molecule has 112 valence electrons. The number of aliphatic hydroxyl groups is 1. The van der Waals surface area contributed by atoms with Gasteiger partial charge in [0.25, 0.3) is 0 Å². The van der Waals surface area contributed by atoms with Crippen LogP contribution in [0.4, 0.5) is 0 Å². The lowest BCUT2D eigenvalue weighted by Crippen LogP contribution is -2.25. The van der Waals surface area contributed by atoms with Gasteiger partial charge in [0, 0.05) is 40.6 Å². The molecule has 0 aromatic carbocycles. The Morgan fingerprint density at radius 2 is 2.19 bits per heavy atom. The fraction of sp³-hybridized carbons (Fsp3) is 0.286. The van der Waals surface area contributed by atoms with Crippen molar-refractivity contribution in [1.29, 1.82) is 0 Å². The first-order valence-electron chi connectivity index (χ1n) is 6.33. The average molecular weight is 371 g/mol. The molecule has 2 heterocycles. The van der Waals surface area contributed by atoms with E-state index in [2.05, 4.69) is 31.9 Å². The van der Waals surface area contributed by atoms with Crippen molar-refractivity contribution in [2.45, 2.75) is 13.1 Å². The molecular weight excluding hydrogens is 356 g/mol.